The molecule has 3 aromatic heterocycles. The van der Waals surface area contributed by atoms with Crippen LogP contribution in [0.3, 0.4) is 0 Å². The molecule has 7 heteroatoms. The maximum absolute atomic E-state index is 12.4. The molecule has 3 rings (SSSR count). The van der Waals surface area contributed by atoms with Crippen molar-refractivity contribution in [3.8, 4) is 5.75 Å². The van der Waals surface area contributed by atoms with E-state index in [0.29, 0.717) is 35.0 Å². The van der Waals surface area contributed by atoms with Crippen LogP contribution in [0.25, 0.3) is 5.65 Å². The van der Waals surface area contributed by atoms with Gasteiger partial charge in [0, 0.05) is 18.0 Å². The standard InChI is InChI=1S/C17H18N4O3/c1-4-23-15-6-5-11(2)20-14(15)10-24-17(22)13-9-18-16-7-8-19-21(16)12(13)3/h5-9H,4,10H2,1-3H3. The molecule has 0 saturated carbocycles. The van der Waals surface area contributed by atoms with E-state index in [4.69, 9.17) is 9.47 Å². The molecule has 3 heterocycles. The van der Waals surface area contributed by atoms with Gasteiger partial charge in [-0.3, -0.25) is 4.98 Å². The summed E-state index contributed by atoms with van der Waals surface area (Å²) in [6.07, 6.45) is 3.14. The second-order valence-electron chi connectivity index (χ2n) is 5.27. The van der Waals surface area contributed by atoms with Crippen LogP contribution >= 0.6 is 0 Å². The van der Waals surface area contributed by atoms with E-state index in [0.717, 1.165) is 5.69 Å². The van der Waals surface area contributed by atoms with Crippen LogP contribution in [0.2, 0.25) is 0 Å². The van der Waals surface area contributed by atoms with Crippen LogP contribution in [0.1, 0.15) is 34.4 Å². The molecule has 0 radical (unpaired) electrons. The molecule has 0 aliphatic heterocycles. The van der Waals surface area contributed by atoms with Gasteiger partial charge in [0.05, 0.1) is 24.1 Å². The summed E-state index contributed by atoms with van der Waals surface area (Å²) in [5.74, 6) is 0.149. The number of fused-ring (bicyclic) bond motifs is 1. The van der Waals surface area contributed by atoms with Crippen LogP contribution in [0.4, 0.5) is 0 Å². The Bertz CT molecular complexity index is 889. The number of carbonyl (C=O) groups excluding carboxylic acids is 1. The zero-order chi connectivity index (χ0) is 17.1. The summed E-state index contributed by atoms with van der Waals surface area (Å²) in [7, 11) is 0. The first kappa shape index (κ1) is 15.9. The highest BCUT2D eigenvalue weighted by atomic mass is 16.5. The van der Waals surface area contributed by atoms with Gasteiger partial charge in [-0.15, -0.1) is 0 Å². The molecule has 0 aliphatic rings. The third-order valence-corrected chi connectivity index (χ3v) is 3.59. The molecule has 0 spiro atoms. The molecular formula is C17H18N4O3. The molecule has 0 bridgehead atoms. The number of carbonyl (C=O) groups is 1. The maximum atomic E-state index is 12.4. The summed E-state index contributed by atoms with van der Waals surface area (Å²) in [5, 5.41) is 4.14. The van der Waals surface area contributed by atoms with Gasteiger partial charge in [0.2, 0.25) is 0 Å². The minimum Gasteiger partial charge on any atom is -0.492 e. The number of aryl methyl sites for hydroxylation is 2. The van der Waals surface area contributed by atoms with Gasteiger partial charge in [-0.1, -0.05) is 0 Å². The molecule has 0 atom stereocenters. The number of ether oxygens (including phenoxy) is 2. The fraction of sp³-hybridized carbons (Fsp3) is 0.294. The van der Waals surface area contributed by atoms with Crippen molar-refractivity contribution >= 4 is 11.6 Å². The van der Waals surface area contributed by atoms with Gasteiger partial charge in [-0.05, 0) is 32.9 Å². The Kier molecular flexibility index (Phi) is 4.41. The minimum atomic E-state index is -0.469. The number of rotatable bonds is 5. The Hall–Kier alpha value is -2.96. The van der Waals surface area contributed by atoms with Gasteiger partial charge < -0.3 is 9.47 Å². The lowest BCUT2D eigenvalue weighted by Crippen LogP contribution is -2.12. The van der Waals surface area contributed by atoms with Crippen molar-refractivity contribution in [1.82, 2.24) is 19.6 Å². The van der Waals surface area contributed by atoms with Crippen molar-refractivity contribution in [2.24, 2.45) is 0 Å². The fourth-order valence-electron chi connectivity index (χ4n) is 2.39. The molecule has 0 unspecified atom stereocenters. The van der Waals surface area contributed by atoms with Gasteiger partial charge in [0.1, 0.15) is 18.1 Å². The second kappa shape index (κ2) is 6.66. The Morgan fingerprint density at radius 3 is 2.88 bits per heavy atom. The first-order chi connectivity index (χ1) is 11.6. The second-order valence-corrected chi connectivity index (χ2v) is 5.27. The van der Waals surface area contributed by atoms with Crippen LogP contribution in [-0.2, 0) is 11.3 Å². The van der Waals surface area contributed by atoms with Crippen LogP contribution in [0.5, 0.6) is 5.75 Å². The van der Waals surface area contributed by atoms with Gasteiger partial charge in [-0.2, -0.15) is 5.10 Å². The van der Waals surface area contributed by atoms with E-state index in [-0.39, 0.29) is 6.61 Å². The Morgan fingerprint density at radius 2 is 2.08 bits per heavy atom. The van der Waals surface area contributed by atoms with Crippen LogP contribution in [-0.4, -0.2) is 32.2 Å². The molecule has 0 aliphatic carbocycles. The summed E-state index contributed by atoms with van der Waals surface area (Å²) < 4.78 is 12.5. The van der Waals surface area contributed by atoms with Crippen molar-refractivity contribution in [3.63, 3.8) is 0 Å². The average molecular weight is 326 g/mol. The number of nitrogens with zero attached hydrogens (tertiary/aromatic N) is 4. The zero-order valence-corrected chi connectivity index (χ0v) is 13.8. The van der Waals surface area contributed by atoms with E-state index in [1.54, 1.807) is 23.7 Å². The van der Waals surface area contributed by atoms with Crippen molar-refractivity contribution < 1.29 is 14.3 Å². The molecule has 7 nitrogen and oxygen atoms in total. The molecule has 124 valence electrons. The summed E-state index contributed by atoms with van der Waals surface area (Å²) in [6.45, 7) is 6.12. The van der Waals surface area contributed by atoms with Gasteiger partial charge in [0.15, 0.2) is 5.65 Å². The molecule has 3 aromatic rings. The molecule has 24 heavy (non-hydrogen) atoms. The Labute approximate surface area is 139 Å². The lowest BCUT2D eigenvalue weighted by atomic mass is 10.2. The number of esters is 1. The lowest BCUT2D eigenvalue weighted by molar-refractivity contribution is 0.0462. The van der Waals surface area contributed by atoms with E-state index in [1.807, 2.05) is 26.0 Å². The first-order valence-corrected chi connectivity index (χ1v) is 7.66. The predicted octanol–water partition coefficient (Wildman–Crippen LogP) is 2.50. The number of hydrogen-bond donors (Lipinski definition) is 0. The number of hydrogen-bond acceptors (Lipinski definition) is 6. The summed E-state index contributed by atoms with van der Waals surface area (Å²) >= 11 is 0. The highest BCUT2D eigenvalue weighted by Gasteiger charge is 2.16. The molecule has 0 N–H and O–H groups in total. The highest BCUT2D eigenvalue weighted by Crippen LogP contribution is 2.19. The minimum absolute atomic E-state index is 0.0342. The summed E-state index contributed by atoms with van der Waals surface area (Å²) in [5.41, 5.74) is 3.16. The Morgan fingerprint density at radius 1 is 1.25 bits per heavy atom. The van der Waals surface area contributed by atoms with E-state index < -0.39 is 5.97 Å². The van der Waals surface area contributed by atoms with Crippen molar-refractivity contribution in [2.75, 3.05) is 6.61 Å². The molecule has 0 aromatic carbocycles. The predicted molar refractivity (Wildman–Crippen MR) is 87.0 cm³/mol. The molecule has 0 saturated heterocycles. The zero-order valence-electron chi connectivity index (χ0n) is 13.8. The van der Waals surface area contributed by atoms with Gasteiger partial charge >= 0.3 is 5.97 Å². The van der Waals surface area contributed by atoms with Crippen molar-refractivity contribution in [1.29, 1.82) is 0 Å². The van der Waals surface area contributed by atoms with Crippen LogP contribution in [0, 0.1) is 13.8 Å². The quantitative estimate of drug-likeness (QED) is 0.670. The molecule has 0 amide bonds. The van der Waals surface area contributed by atoms with Crippen LogP contribution < -0.4 is 4.74 Å². The third-order valence-electron chi connectivity index (χ3n) is 3.59. The molecule has 0 fully saturated rings. The SMILES string of the molecule is CCOc1ccc(C)nc1COC(=O)c1cnc2ccnn2c1C. The van der Waals surface area contributed by atoms with Crippen molar-refractivity contribution in [2.45, 2.75) is 27.4 Å². The third kappa shape index (κ3) is 3.05. The van der Waals surface area contributed by atoms with Gasteiger partial charge in [0.25, 0.3) is 0 Å². The Balaban J connectivity index is 1.80. The van der Waals surface area contributed by atoms with Crippen LogP contribution in [0.15, 0.2) is 30.6 Å². The topological polar surface area (TPSA) is 78.6 Å². The average Bonchev–Trinajstić information content (AvgIpc) is 3.05. The fourth-order valence-corrected chi connectivity index (χ4v) is 2.39. The smallest absolute Gasteiger partial charge is 0.341 e. The summed E-state index contributed by atoms with van der Waals surface area (Å²) in [4.78, 5) is 21.0. The number of pyridine rings is 1. The van der Waals surface area contributed by atoms with Gasteiger partial charge in [-0.25, -0.2) is 14.3 Å². The van der Waals surface area contributed by atoms with E-state index in [9.17, 15) is 4.79 Å². The lowest BCUT2D eigenvalue weighted by Gasteiger charge is -2.11. The molecular weight excluding hydrogens is 308 g/mol. The first-order valence-electron chi connectivity index (χ1n) is 7.66. The van der Waals surface area contributed by atoms with E-state index >= 15 is 0 Å². The van der Waals surface area contributed by atoms with Crippen molar-refractivity contribution in [3.05, 3.63) is 53.2 Å². The summed E-state index contributed by atoms with van der Waals surface area (Å²) in [6, 6.07) is 5.46. The number of aromatic nitrogens is 4. The maximum Gasteiger partial charge on any atom is 0.341 e. The monoisotopic (exact) mass is 326 g/mol. The van der Waals surface area contributed by atoms with E-state index in [2.05, 4.69) is 15.1 Å². The van der Waals surface area contributed by atoms with E-state index in [1.165, 1.54) is 6.20 Å². The highest BCUT2D eigenvalue weighted by molar-refractivity contribution is 5.90. The largest absolute Gasteiger partial charge is 0.492 e. The normalized spacial score (nSPS) is 10.8.